The van der Waals surface area contributed by atoms with Crippen LogP contribution < -0.4 is 9.47 Å². The van der Waals surface area contributed by atoms with Gasteiger partial charge in [-0.3, -0.25) is 14.5 Å². The number of rotatable bonds is 10. The number of methoxy groups -OCH3 is 1. The molecule has 2 aromatic carbocycles. The zero-order valence-corrected chi connectivity index (χ0v) is 22.4. The number of benzene rings is 2. The largest absolute Gasteiger partial charge is 0.490 e. The Labute approximate surface area is 216 Å². The second-order valence-corrected chi connectivity index (χ2v) is 9.98. The lowest BCUT2D eigenvalue weighted by atomic mass is 10.0. The summed E-state index contributed by atoms with van der Waals surface area (Å²) in [6.45, 7) is 9.52. The van der Waals surface area contributed by atoms with Gasteiger partial charge < -0.3 is 14.2 Å². The number of esters is 1. The van der Waals surface area contributed by atoms with Crippen molar-refractivity contribution in [2.45, 2.75) is 47.1 Å². The van der Waals surface area contributed by atoms with Crippen molar-refractivity contribution < 1.29 is 23.8 Å². The van der Waals surface area contributed by atoms with E-state index in [0.29, 0.717) is 46.9 Å². The van der Waals surface area contributed by atoms with Crippen LogP contribution in [-0.2, 0) is 20.9 Å². The van der Waals surface area contributed by atoms with Crippen molar-refractivity contribution in [1.82, 2.24) is 4.90 Å². The highest BCUT2D eigenvalue weighted by Crippen LogP contribution is 2.35. The number of hydrogen-bond donors (Lipinski definition) is 0. The third-order valence-corrected chi connectivity index (χ3v) is 7.14. The molecule has 0 unspecified atom stereocenters. The average molecular weight is 514 g/mol. The van der Waals surface area contributed by atoms with Crippen LogP contribution in [0.2, 0.25) is 0 Å². The quantitative estimate of drug-likeness (QED) is 0.228. The first-order valence-electron chi connectivity index (χ1n) is 11.5. The summed E-state index contributed by atoms with van der Waals surface area (Å²) in [5.41, 5.74) is 5.64. The average Bonchev–Trinajstić information content (AvgIpc) is 3.08. The Morgan fingerprint density at radius 2 is 1.80 bits per heavy atom. The van der Waals surface area contributed by atoms with Crippen LogP contribution in [0.4, 0.5) is 0 Å². The van der Waals surface area contributed by atoms with Crippen molar-refractivity contribution in [2.24, 2.45) is 0 Å². The molecule has 186 valence electrons. The number of amides is 1. The number of ether oxygens (including phenoxy) is 3. The van der Waals surface area contributed by atoms with Gasteiger partial charge in [0.25, 0.3) is 5.91 Å². The van der Waals surface area contributed by atoms with Crippen molar-refractivity contribution >= 4 is 46.3 Å². The van der Waals surface area contributed by atoms with Crippen LogP contribution in [-0.4, -0.2) is 41.4 Å². The van der Waals surface area contributed by atoms with Gasteiger partial charge in [-0.15, -0.1) is 0 Å². The SMILES string of the molecule is CCOc1cc(/C=C2/SC(=S)N(CCCC(=O)OC)C2=O)ccc1OCc1cc(C)c(C)cc1C. The van der Waals surface area contributed by atoms with E-state index in [9.17, 15) is 9.59 Å². The smallest absolute Gasteiger partial charge is 0.305 e. The lowest BCUT2D eigenvalue weighted by molar-refractivity contribution is -0.141. The van der Waals surface area contributed by atoms with Crippen LogP contribution in [0.1, 0.15) is 47.6 Å². The molecule has 8 heteroatoms. The van der Waals surface area contributed by atoms with E-state index in [-0.39, 0.29) is 18.3 Å². The topological polar surface area (TPSA) is 65.1 Å². The lowest BCUT2D eigenvalue weighted by Gasteiger charge is -2.15. The molecule has 0 aromatic heterocycles. The van der Waals surface area contributed by atoms with Gasteiger partial charge in [-0.1, -0.05) is 42.2 Å². The first kappa shape index (κ1) is 26.8. The maximum absolute atomic E-state index is 12.9. The summed E-state index contributed by atoms with van der Waals surface area (Å²) in [5, 5.41) is 0. The molecule has 0 N–H and O–H groups in total. The Hall–Kier alpha value is -2.84. The molecule has 0 aliphatic carbocycles. The number of thioether (sulfide) groups is 1. The highest BCUT2D eigenvalue weighted by molar-refractivity contribution is 8.26. The lowest BCUT2D eigenvalue weighted by Crippen LogP contribution is -2.29. The number of carbonyl (C=O) groups excluding carboxylic acids is 2. The molecular formula is C27H31NO5S2. The van der Waals surface area contributed by atoms with Gasteiger partial charge in [0, 0.05) is 13.0 Å². The molecule has 0 bridgehead atoms. The minimum absolute atomic E-state index is 0.159. The highest BCUT2D eigenvalue weighted by atomic mass is 32.2. The third kappa shape index (κ3) is 6.86. The van der Waals surface area contributed by atoms with Crippen molar-refractivity contribution in [1.29, 1.82) is 0 Å². The molecule has 0 radical (unpaired) electrons. The number of thiocarbonyl (C=S) groups is 1. The van der Waals surface area contributed by atoms with E-state index in [2.05, 4.69) is 37.6 Å². The fourth-order valence-corrected chi connectivity index (χ4v) is 4.97. The second-order valence-electron chi connectivity index (χ2n) is 8.30. The minimum atomic E-state index is -0.301. The van der Waals surface area contributed by atoms with E-state index in [0.717, 1.165) is 11.1 Å². The molecule has 0 atom stereocenters. The van der Waals surface area contributed by atoms with E-state index in [1.54, 1.807) is 6.08 Å². The van der Waals surface area contributed by atoms with Crippen LogP contribution >= 0.6 is 24.0 Å². The summed E-state index contributed by atoms with van der Waals surface area (Å²) in [6.07, 6.45) is 2.54. The van der Waals surface area contributed by atoms with Gasteiger partial charge in [-0.25, -0.2) is 0 Å². The maximum Gasteiger partial charge on any atom is 0.305 e. The maximum atomic E-state index is 12.9. The molecule has 0 saturated carbocycles. The van der Waals surface area contributed by atoms with Crippen LogP contribution in [0.5, 0.6) is 11.5 Å². The monoisotopic (exact) mass is 513 g/mol. The number of carbonyl (C=O) groups is 2. The minimum Gasteiger partial charge on any atom is -0.490 e. The summed E-state index contributed by atoms with van der Waals surface area (Å²) in [6, 6.07) is 9.97. The summed E-state index contributed by atoms with van der Waals surface area (Å²) in [4.78, 5) is 26.3. The molecule has 3 rings (SSSR count). The van der Waals surface area contributed by atoms with E-state index >= 15 is 0 Å². The molecule has 1 aliphatic heterocycles. The molecule has 1 heterocycles. The predicted molar refractivity (Wildman–Crippen MR) is 144 cm³/mol. The summed E-state index contributed by atoms with van der Waals surface area (Å²) in [7, 11) is 1.35. The molecule has 1 amide bonds. The summed E-state index contributed by atoms with van der Waals surface area (Å²) < 4.78 is 17.1. The Bertz CT molecular complexity index is 1160. The van der Waals surface area contributed by atoms with Crippen molar-refractivity contribution in [3.05, 3.63) is 63.1 Å². The number of hydrogen-bond acceptors (Lipinski definition) is 7. The first-order valence-corrected chi connectivity index (χ1v) is 12.7. The van der Waals surface area contributed by atoms with Gasteiger partial charge >= 0.3 is 5.97 Å². The molecule has 1 fully saturated rings. The predicted octanol–water partition coefficient (Wildman–Crippen LogP) is 5.74. The molecule has 1 saturated heterocycles. The number of aryl methyl sites for hydroxylation is 3. The van der Waals surface area contributed by atoms with Crippen molar-refractivity contribution in [3.63, 3.8) is 0 Å². The first-order chi connectivity index (χ1) is 16.7. The van der Waals surface area contributed by atoms with Crippen molar-refractivity contribution in [2.75, 3.05) is 20.3 Å². The molecule has 0 spiro atoms. The van der Waals surface area contributed by atoms with Crippen LogP contribution in [0.25, 0.3) is 6.08 Å². The Kier molecular flexibility index (Phi) is 9.34. The Balaban J connectivity index is 1.73. The third-order valence-electron chi connectivity index (χ3n) is 5.76. The zero-order chi connectivity index (χ0) is 25.5. The van der Waals surface area contributed by atoms with Gasteiger partial charge in [-0.2, -0.15) is 0 Å². The van der Waals surface area contributed by atoms with Crippen LogP contribution in [0.15, 0.2) is 35.2 Å². The van der Waals surface area contributed by atoms with Crippen LogP contribution in [0, 0.1) is 20.8 Å². The molecule has 2 aromatic rings. The van der Waals surface area contributed by atoms with Crippen molar-refractivity contribution in [3.8, 4) is 11.5 Å². The summed E-state index contributed by atoms with van der Waals surface area (Å²) in [5.74, 6) is 0.811. The van der Waals surface area contributed by atoms with Gasteiger partial charge in [0.05, 0.1) is 18.6 Å². The van der Waals surface area contributed by atoms with E-state index in [4.69, 9.17) is 21.7 Å². The van der Waals surface area contributed by atoms with Crippen LogP contribution in [0.3, 0.4) is 0 Å². The van der Waals surface area contributed by atoms with Gasteiger partial charge in [0.2, 0.25) is 0 Å². The fraction of sp³-hybridized carbons (Fsp3) is 0.370. The van der Waals surface area contributed by atoms with E-state index < -0.39 is 0 Å². The molecule has 1 aliphatic rings. The molecule has 6 nitrogen and oxygen atoms in total. The van der Waals surface area contributed by atoms with E-state index in [1.165, 1.54) is 40.5 Å². The second kappa shape index (κ2) is 12.2. The van der Waals surface area contributed by atoms with Gasteiger partial charge in [-0.05, 0) is 80.1 Å². The Morgan fingerprint density at radius 1 is 1.06 bits per heavy atom. The zero-order valence-electron chi connectivity index (χ0n) is 20.8. The standard InChI is InChI=1S/C27H31NO5S2/c1-6-32-23-14-20(9-10-22(23)33-16-21-13-18(3)17(2)12-19(21)4)15-24-26(30)28(27(34)35-24)11-7-8-25(29)31-5/h9-10,12-15H,6-8,11,16H2,1-5H3/b24-15+. The van der Waals surface area contributed by atoms with Gasteiger partial charge in [0.15, 0.2) is 11.5 Å². The fourth-order valence-electron chi connectivity index (χ4n) is 3.66. The van der Waals surface area contributed by atoms with E-state index in [1.807, 2.05) is 25.1 Å². The molecular weight excluding hydrogens is 482 g/mol. The summed E-state index contributed by atoms with van der Waals surface area (Å²) >= 11 is 6.64. The number of nitrogens with zero attached hydrogens (tertiary/aromatic N) is 1. The van der Waals surface area contributed by atoms with Gasteiger partial charge in [0.1, 0.15) is 10.9 Å². The Morgan fingerprint density at radius 3 is 2.51 bits per heavy atom. The normalized spacial score (nSPS) is 14.5. The molecule has 35 heavy (non-hydrogen) atoms. The highest BCUT2D eigenvalue weighted by Gasteiger charge is 2.31.